The van der Waals surface area contributed by atoms with Gasteiger partial charge in [-0.05, 0) is 39.3 Å². The molecule has 2 aromatic rings. The van der Waals surface area contributed by atoms with Crippen molar-refractivity contribution in [2.24, 2.45) is 0 Å². The van der Waals surface area contributed by atoms with Gasteiger partial charge in [0.25, 0.3) is 5.91 Å². The van der Waals surface area contributed by atoms with Crippen LogP contribution in [-0.4, -0.2) is 28.6 Å². The van der Waals surface area contributed by atoms with Crippen molar-refractivity contribution in [2.45, 2.75) is 33.3 Å². The van der Waals surface area contributed by atoms with E-state index < -0.39 is 6.10 Å². The van der Waals surface area contributed by atoms with Crippen LogP contribution in [0.15, 0.2) is 16.5 Å². The van der Waals surface area contributed by atoms with Crippen LogP contribution < -0.4 is 5.32 Å². The third-order valence-electron chi connectivity index (χ3n) is 2.80. The van der Waals surface area contributed by atoms with Gasteiger partial charge in [-0.3, -0.25) is 4.79 Å². The molecule has 0 aliphatic heterocycles. The minimum atomic E-state index is -0.417. The van der Waals surface area contributed by atoms with Crippen LogP contribution in [0, 0.1) is 13.8 Å². The average Bonchev–Trinajstić information content (AvgIpc) is 2.95. The predicted molar refractivity (Wildman–Crippen MR) is 77.9 cm³/mol. The summed E-state index contributed by atoms with van der Waals surface area (Å²) in [6.07, 6.45) is 0.118. The minimum Gasteiger partial charge on any atom is -0.459 e. The lowest BCUT2D eigenvalue weighted by Crippen LogP contribution is -2.26. The first-order chi connectivity index (χ1) is 9.47. The maximum absolute atomic E-state index is 12.0. The van der Waals surface area contributed by atoms with Gasteiger partial charge in [-0.25, -0.2) is 4.98 Å². The van der Waals surface area contributed by atoms with E-state index in [-0.39, 0.29) is 5.91 Å². The highest BCUT2D eigenvalue weighted by Crippen LogP contribution is 2.29. The molecule has 108 valence electrons. The molecule has 6 heteroatoms. The molecule has 0 saturated heterocycles. The van der Waals surface area contributed by atoms with Crippen molar-refractivity contribution in [3.05, 3.63) is 28.5 Å². The van der Waals surface area contributed by atoms with Crippen molar-refractivity contribution in [3.63, 3.8) is 0 Å². The van der Waals surface area contributed by atoms with Crippen molar-refractivity contribution in [1.29, 1.82) is 0 Å². The summed E-state index contributed by atoms with van der Waals surface area (Å²) in [7, 11) is 0. The zero-order valence-corrected chi connectivity index (χ0v) is 12.6. The quantitative estimate of drug-likeness (QED) is 0.888. The van der Waals surface area contributed by atoms with Gasteiger partial charge in [0.2, 0.25) is 0 Å². The monoisotopic (exact) mass is 294 g/mol. The zero-order valence-electron chi connectivity index (χ0n) is 11.8. The van der Waals surface area contributed by atoms with Gasteiger partial charge >= 0.3 is 0 Å². The van der Waals surface area contributed by atoms with Crippen LogP contribution in [0.5, 0.6) is 0 Å². The minimum absolute atomic E-state index is 0.157. The molecule has 2 heterocycles. The Morgan fingerprint density at radius 1 is 1.50 bits per heavy atom. The molecule has 0 saturated carbocycles. The largest absolute Gasteiger partial charge is 0.459 e. The van der Waals surface area contributed by atoms with E-state index in [4.69, 9.17) is 4.42 Å². The maximum Gasteiger partial charge on any atom is 0.263 e. The predicted octanol–water partition coefficient (Wildman–Crippen LogP) is 2.52. The number of carbonyl (C=O) groups excluding carboxylic acids is 1. The van der Waals surface area contributed by atoms with Crippen molar-refractivity contribution >= 4 is 17.2 Å². The number of amides is 1. The fourth-order valence-electron chi connectivity index (χ4n) is 1.74. The summed E-state index contributed by atoms with van der Waals surface area (Å²) in [6, 6.07) is 3.72. The third kappa shape index (κ3) is 3.46. The van der Waals surface area contributed by atoms with Crippen molar-refractivity contribution in [1.82, 2.24) is 10.3 Å². The summed E-state index contributed by atoms with van der Waals surface area (Å²) in [6.45, 7) is 5.82. The van der Waals surface area contributed by atoms with E-state index in [1.807, 2.05) is 19.1 Å². The van der Waals surface area contributed by atoms with Crippen LogP contribution in [0.2, 0.25) is 0 Å². The first-order valence-corrected chi connectivity index (χ1v) is 7.29. The van der Waals surface area contributed by atoms with Crippen molar-refractivity contribution < 1.29 is 14.3 Å². The summed E-state index contributed by atoms with van der Waals surface area (Å²) >= 11 is 1.31. The fourth-order valence-corrected chi connectivity index (χ4v) is 2.68. The molecule has 1 amide bonds. The lowest BCUT2D eigenvalue weighted by molar-refractivity contribution is 0.0949. The highest BCUT2D eigenvalue weighted by Gasteiger charge is 2.17. The molecule has 0 fully saturated rings. The van der Waals surface area contributed by atoms with Gasteiger partial charge in [-0.15, -0.1) is 11.3 Å². The SMILES string of the molecule is Cc1ccc(-c2nc(C)c(C(=O)NCCC(C)O)s2)o1. The van der Waals surface area contributed by atoms with Crippen molar-refractivity contribution in [3.8, 4) is 10.8 Å². The second kappa shape index (κ2) is 6.19. The molecule has 0 aliphatic rings. The number of hydrogen-bond donors (Lipinski definition) is 2. The summed E-state index contributed by atoms with van der Waals surface area (Å²) in [5, 5.41) is 12.7. The number of aromatic nitrogens is 1. The van der Waals surface area contributed by atoms with E-state index in [2.05, 4.69) is 10.3 Å². The summed E-state index contributed by atoms with van der Waals surface area (Å²) in [5.74, 6) is 1.34. The number of nitrogens with one attached hydrogen (secondary N) is 1. The number of hydrogen-bond acceptors (Lipinski definition) is 5. The molecule has 2 rings (SSSR count). The smallest absolute Gasteiger partial charge is 0.263 e. The number of aliphatic hydroxyl groups excluding tert-OH is 1. The Morgan fingerprint density at radius 2 is 2.25 bits per heavy atom. The molecule has 1 atom stereocenters. The average molecular weight is 294 g/mol. The highest BCUT2D eigenvalue weighted by molar-refractivity contribution is 7.17. The van der Waals surface area contributed by atoms with E-state index in [9.17, 15) is 9.90 Å². The molecule has 2 N–H and O–H groups in total. The normalized spacial score (nSPS) is 12.4. The Kier molecular flexibility index (Phi) is 4.57. The van der Waals surface area contributed by atoms with Gasteiger partial charge in [0.1, 0.15) is 10.6 Å². The number of aliphatic hydroxyl groups is 1. The zero-order chi connectivity index (χ0) is 14.7. The van der Waals surface area contributed by atoms with Gasteiger partial charge < -0.3 is 14.8 Å². The summed E-state index contributed by atoms with van der Waals surface area (Å²) in [5.41, 5.74) is 0.689. The fraction of sp³-hybridized carbons (Fsp3) is 0.429. The molecule has 0 aliphatic carbocycles. The molecule has 5 nitrogen and oxygen atoms in total. The van der Waals surface area contributed by atoms with E-state index in [0.717, 1.165) is 5.76 Å². The highest BCUT2D eigenvalue weighted by atomic mass is 32.1. The molecular weight excluding hydrogens is 276 g/mol. The van der Waals surface area contributed by atoms with Gasteiger partial charge in [0, 0.05) is 6.54 Å². The standard InChI is InChI=1S/C14H18N2O3S/c1-8(17)6-7-15-13(18)12-10(3)16-14(20-12)11-5-4-9(2)19-11/h4-5,8,17H,6-7H2,1-3H3,(H,15,18). The lowest BCUT2D eigenvalue weighted by atomic mass is 10.3. The molecule has 20 heavy (non-hydrogen) atoms. The van der Waals surface area contributed by atoms with Crippen LogP contribution in [0.1, 0.15) is 34.5 Å². The van der Waals surface area contributed by atoms with E-state index in [1.54, 1.807) is 13.8 Å². The third-order valence-corrected chi connectivity index (χ3v) is 3.97. The Hall–Kier alpha value is -1.66. The Labute approximate surface area is 121 Å². The number of thiazole rings is 1. The summed E-state index contributed by atoms with van der Waals surface area (Å²) in [4.78, 5) is 17.0. The van der Waals surface area contributed by atoms with Crippen LogP contribution in [0.3, 0.4) is 0 Å². The Balaban J connectivity index is 2.09. The van der Waals surface area contributed by atoms with Gasteiger partial charge in [-0.2, -0.15) is 0 Å². The second-order valence-electron chi connectivity index (χ2n) is 4.74. The molecule has 0 spiro atoms. The maximum atomic E-state index is 12.0. The van der Waals surface area contributed by atoms with E-state index in [0.29, 0.717) is 34.3 Å². The molecule has 2 aromatic heterocycles. The number of rotatable bonds is 5. The summed E-state index contributed by atoms with van der Waals surface area (Å²) < 4.78 is 5.51. The molecule has 1 unspecified atom stereocenters. The van der Waals surface area contributed by atoms with Crippen molar-refractivity contribution in [2.75, 3.05) is 6.54 Å². The Morgan fingerprint density at radius 3 is 2.85 bits per heavy atom. The number of carbonyl (C=O) groups is 1. The number of aryl methyl sites for hydroxylation is 2. The molecule has 0 radical (unpaired) electrons. The molecular formula is C14H18N2O3S. The number of furan rings is 1. The van der Waals surface area contributed by atoms with Crippen LogP contribution in [0.4, 0.5) is 0 Å². The first kappa shape index (κ1) is 14.7. The topological polar surface area (TPSA) is 75.4 Å². The second-order valence-corrected chi connectivity index (χ2v) is 5.74. The van der Waals surface area contributed by atoms with Crippen LogP contribution in [0.25, 0.3) is 10.8 Å². The molecule has 0 aromatic carbocycles. The first-order valence-electron chi connectivity index (χ1n) is 6.48. The van der Waals surface area contributed by atoms with E-state index >= 15 is 0 Å². The van der Waals surface area contributed by atoms with Gasteiger partial charge in [-0.1, -0.05) is 0 Å². The Bertz CT molecular complexity index is 601. The van der Waals surface area contributed by atoms with Gasteiger partial charge in [0.15, 0.2) is 10.8 Å². The lowest BCUT2D eigenvalue weighted by Gasteiger charge is -2.05. The van der Waals surface area contributed by atoms with E-state index in [1.165, 1.54) is 11.3 Å². The number of nitrogens with zero attached hydrogens (tertiary/aromatic N) is 1. The van der Waals surface area contributed by atoms with Crippen LogP contribution in [-0.2, 0) is 0 Å². The van der Waals surface area contributed by atoms with Gasteiger partial charge in [0.05, 0.1) is 11.8 Å². The molecule has 0 bridgehead atoms. The van der Waals surface area contributed by atoms with Crippen LogP contribution >= 0.6 is 11.3 Å².